The van der Waals surface area contributed by atoms with Crippen molar-refractivity contribution in [3.8, 4) is 6.07 Å². The molecule has 1 amide bonds. The molecule has 1 N–H and O–H groups in total. The molecule has 0 bridgehead atoms. The van der Waals surface area contributed by atoms with Crippen molar-refractivity contribution in [1.29, 1.82) is 5.26 Å². The van der Waals surface area contributed by atoms with Crippen LogP contribution in [0.5, 0.6) is 0 Å². The molecule has 0 saturated carbocycles. The van der Waals surface area contributed by atoms with Crippen molar-refractivity contribution in [2.45, 2.75) is 26.8 Å². The highest BCUT2D eigenvalue weighted by atomic mass is 16.2. The number of ketones is 1. The highest BCUT2D eigenvalue weighted by Gasteiger charge is 2.21. The first-order valence-electron chi connectivity index (χ1n) is 6.86. The number of nitrogens with zero attached hydrogens (tertiary/aromatic N) is 2. The fourth-order valence-corrected chi connectivity index (χ4v) is 2.08. The van der Waals surface area contributed by atoms with Crippen LogP contribution in [-0.4, -0.2) is 31.3 Å². The van der Waals surface area contributed by atoms with E-state index >= 15 is 0 Å². The zero-order chi connectivity index (χ0) is 16.0. The minimum Gasteiger partial charge on any atom is -0.365 e. The van der Waals surface area contributed by atoms with Crippen LogP contribution < -0.4 is 10.2 Å². The molecule has 112 valence electrons. The first kappa shape index (κ1) is 16.7. The predicted octanol–water partition coefficient (Wildman–Crippen LogP) is 1.72. The summed E-state index contributed by atoms with van der Waals surface area (Å²) in [6, 6.07) is 8.64. The number of carbonyl (C=O) groups is 2. The van der Waals surface area contributed by atoms with Gasteiger partial charge >= 0.3 is 0 Å². The second-order valence-electron chi connectivity index (χ2n) is 5.42. The summed E-state index contributed by atoms with van der Waals surface area (Å²) in [7, 11) is 1.77. The van der Waals surface area contributed by atoms with Gasteiger partial charge in [-0.15, -0.1) is 0 Å². The molecule has 5 nitrogen and oxygen atoms in total. The van der Waals surface area contributed by atoms with Gasteiger partial charge in [0, 0.05) is 12.7 Å². The maximum atomic E-state index is 12.0. The van der Waals surface area contributed by atoms with Crippen LogP contribution in [0.3, 0.4) is 0 Å². The lowest BCUT2D eigenvalue weighted by atomic mass is 10.0. The van der Waals surface area contributed by atoms with E-state index in [0.29, 0.717) is 5.56 Å². The fourth-order valence-electron chi connectivity index (χ4n) is 2.08. The molecule has 21 heavy (non-hydrogen) atoms. The van der Waals surface area contributed by atoms with Gasteiger partial charge in [0.15, 0.2) is 5.78 Å². The van der Waals surface area contributed by atoms with Crippen molar-refractivity contribution in [2.24, 2.45) is 5.92 Å². The highest BCUT2D eigenvalue weighted by molar-refractivity contribution is 5.89. The summed E-state index contributed by atoms with van der Waals surface area (Å²) >= 11 is 0. The second-order valence-corrected chi connectivity index (χ2v) is 5.42. The SMILES string of the molecule is CC(=O)C(NC(=O)CN(C)c1cccc(C#N)c1)C(C)C. The number of likely N-dealkylation sites (N-methyl/N-ethyl adjacent to an activating group) is 1. The minimum absolute atomic E-state index is 0.0486. The average molecular weight is 287 g/mol. The summed E-state index contributed by atoms with van der Waals surface area (Å²) in [6.07, 6.45) is 0. The molecule has 0 radical (unpaired) electrons. The number of benzene rings is 1. The number of rotatable bonds is 6. The number of carbonyl (C=O) groups excluding carboxylic acids is 2. The molecule has 0 saturated heterocycles. The minimum atomic E-state index is -0.462. The van der Waals surface area contributed by atoms with Crippen LogP contribution >= 0.6 is 0 Å². The molecule has 1 aromatic carbocycles. The summed E-state index contributed by atoms with van der Waals surface area (Å²) in [5.41, 5.74) is 1.33. The molecule has 0 aliphatic rings. The second kappa shape index (κ2) is 7.44. The Morgan fingerprint density at radius 2 is 2.05 bits per heavy atom. The lowest BCUT2D eigenvalue weighted by molar-refractivity contribution is -0.127. The number of anilines is 1. The summed E-state index contributed by atoms with van der Waals surface area (Å²) in [5, 5.41) is 11.6. The van der Waals surface area contributed by atoms with Crippen molar-refractivity contribution < 1.29 is 9.59 Å². The Morgan fingerprint density at radius 3 is 2.57 bits per heavy atom. The molecule has 0 heterocycles. The maximum Gasteiger partial charge on any atom is 0.240 e. The molecule has 0 aliphatic carbocycles. The van der Waals surface area contributed by atoms with Gasteiger partial charge in [0.2, 0.25) is 5.91 Å². The maximum absolute atomic E-state index is 12.0. The van der Waals surface area contributed by atoms with Crippen LogP contribution in [0.4, 0.5) is 5.69 Å². The van der Waals surface area contributed by atoms with Gasteiger partial charge in [0.05, 0.1) is 24.2 Å². The molecular formula is C16H21N3O2. The summed E-state index contributed by atoms with van der Waals surface area (Å²) in [6.45, 7) is 5.40. The molecule has 0 aromatic heterocycles. The van der Waals surface area contributed by atoms with Crippen molar-refractivity contribution in [2.75, 3.05) is 18.5 Å². The van der Waals surface area contributed by atoms with Crippen molar-refractivity contribution in [1.82, 2.24) is 5.32 Å². The summed E-state index contributed by atoms with van der Waals surface area (Å²) in [5.74, 6) is -0.208. The Labute approximate surface area is 125 Å². The van der Waals surface area contributed by atoms with E-state index in [9.17, 15) is 9.59 Å². The van der Waals surface area contributed by atoms with Gasteiger partial charge in [-0.05, 0) is 31.0 Å². The third-order valence-electron chi connectivity index (χ3n) is 3.22. The van der Waals surface area contributed by atoms with Gasteiger partial charge in [0.25, 0.3) is 0 Å². The normalized spacial score (nSPS) is 11.6. The van der Waals surface area contributed by atoms with Crippen LogP contribution in [0.2, 0.25) is 0 Å². The average Bonchev–Trinajstić information content (AvgIpc) is 2.44. The molecule has 0 aliphatic heterocycles. The molecular weight excluding hydrogens is 266 g/mol. The van der Waals surface area contributed by atoms with Gasteiger partial charge in [-0.1, -0.05) is 19.9 Å². The number of nitriles is 1. The van der Waals surface area contributed by atoms with E-state index in [1.165, 1.54) is 6.92 Å². The summed E-state index contributed by atoms with van der Waals surface area (Å²) in [4.78, 5) is 25.3. The predicted molar refractivity (Wildman–Crippen MR) is 81.9 cm³/mol. The fraction of sp³-hybridized carbons (Fsp3) is 0.438. The lowest BCUT2D eigenvalue weighted by Crippen LogP contribution is -2.46. The van der Waals surface area contributed by atoms with Crippen molar-refractivity contribution in [3.05, 3.63) is 29.8 Å². The van der Waals surface area contributed by atoms with Gasteiger partial charge in [-0.3, -0.25) is 9.59 Å². The lowest BCUT2D eigenvalue weighted by Gasteiger charge is -2.23. The molecule has 0 spiro atoms. The van der Waals surface area contributed by atoms with Gasteiger partial charge in [-0.25, -0.2) is 0 Å². The molecule has 0 fully saturated rings. The highest BCUT2D eigenvalue weighted by Crippen LogP contribution is 2.14. The van der Waals surface area contributed by atoms with E-state index < -0.39 is 6.04 Å². The Bertz CT molecular complexity index is 561. The molecule has 1 aromatic rings. The third-order valence-corrected chi connectivity index (χ3v) is 3.22. The number of amides is 1. The molecule has 5 heteroatoms. The first-order valence-corrected chi connectivity index (χ1v) is 6.86. The molecule has 1 atom stereocenters. The largest absolute Gasteiger partial charge is 0.365 e. The van der Waals surface area contributed by atoms with E-state index in [4.69, 9.17) is 5.26 Å². The number of nitrogens with one attached hydrogen (secondary N) is 1. The van der Waals surface area contributed by atoms with Crippen LogP contribution in [0.25, 0.3) is 0 Å². The van der Waals surface area contributed by atoms with Crippen molar-refractivity contribution >= 4 is 17.4 Å². The van der Waals surface area contributed by atoms with Crippen LogP contribution in [0, 0.1) is 17.2 Å². The third kappa shape index (κ3) is 4.92. The van der Waals surface area contributed by atoms with Crippen LogP contribution in [-0.2, 0) is 9.59 Å². The first-order chi connectivity index (χ1) is 9.85. The topological polar surface area (TPSA) is 73.2 Å². The van der Waals surface area contributed by atoms with E-state index in [1.54, 1.807) is 30.1 Å². The monoisotopic (exact) mass is 287 g/mol. The zero-order valence-corrected chi connectivity index (χ0v) is 12.9. The van der Waals surface area contributed by atoms with E-state index in [0.717, 1.165) is 5.69 Å². The zero-order valence-electron chi connectivity index (χ0n) is 12.9. The van der Waals surface area contributed by atoms with E-state index in [2.05, 4.69) is 11.4 Å². The van der Waals surface area contributed by atoms with Gasteiger partial charge < -0.3 is 10.2 Å². The smallest absolute Gasteiger partial charge is 0.240 e. The molecule has 1 unspecified atom stereocenters. The van der Waals surface area contributed by atoms with Gasteiger partial charge in [-0.2, -0.15) is 5.26 Å². The Hall–Kier alpha value is -2.35. The number of hydrogen-bond acceptors (Lipinski definition) is 4. The Morgan fingerprint density at radius 1 is 1.38 bits per heavy atom. The molecule has 1 rings (SSSR count). The van der Waals surface area contributed by atoms with Crippen LogP contribution in [0.1, 0.15) is 26.3 Å². The number of Topliss-reactive ketones (excluding diaryl/α,β-unsaturated/α-hetero) is 1. The van der Waals surface area contributed by atoms with E-state index in [-0.39, 0.29) is 24.2 Å². The van der Waals surface area contributed by atoms with Gasteiger partial charge in [0.1, 0.15) is 0 Å². The quantitative estimate of drug-likeness (QED) is 0.864. The van der Waals surface area contributed by atoms with Crippen molar-refractivity contribution in [3.63, 3.8) is 0 Å². The van der Waals surface area contributed by atoms with E-state index in [1.807, 2.05) is 19.9 Å². The standard InChI is InChI=1S/C16H21N3O2/c1-11(2)16(12(3)20)18-15(21)10-19(4)14-7-5-6-13(8-14)9-17/h5-8,11,16H,10H2,1-4H3,(H,18,21). The number of hydrogen-bond donors (Lipinski definition) is 1. The Balaban J connectivity index is 2.69. The van der Waals surface area contributed by atoms with Crippen LogP contribution in [0.15, 0.2) is 24.3 Å². The summed E-state index contributed by atoms with van der Waals surface area (Å²) < 4.78 is 0. The Kier molecular flexibility index (Phi) is 5.92.